The van der Waals surface area contributed by atoms with Gasteiger partial charge in [0.1, 0.15) is 5.01 Å². The molecule has 1 aliphatic carbocycles. The fraction of sp³-hybridized carbons (Fsp3) is 0.389. The van der Waals surface area contributed by atoms with E-state index in [9.17, 15) is 9.59 Å². The van der Waals surface area contributed by atoms with Crippen molar-refractivity contribution in [3.8, 4) is 0 Å². The number of ether oxygens (including phenoxy) is 1. The van der Waals surface area contributed by atoms with Crippen LogP contribution in [0, 0.1) is 6.92 Å². The normalized spacial score (nSPS) is 13.6. The van der Waals surface area contributed by atoms with Gasteiger partial charge in [0.05, 0.1) is 13.2 Å². The summed E-state index contributed by atoms with van der Waals surface area (Å²) in [5.41, 5.74) is 2.13. The van der Waals surface area contributed by atoms with Crippen molar-refractivity contribution in [3.05, 3.63) is 51.5 Å². The van der Waals surface area contributed by atoms with Gasteiger partial charge in [-0.15, -0.1) is 11.3 Å². The lowest BCUT2D eigenvalue weighted by molar-refractivity contribution is 0.0520. The minimum Gasteiger partial charge on any atom is -0.461 e. The first-order chi connectivity index (χ1) is 11.6. The molecule has 1 aromatic carbocycles. The maximum Gasteiger partial charge on any atom is 0.357 e. The van der Waals surface area contributed by atoms with Gasteiger partial charge in [0.25, 0.3) is 5.91 Å². The molecular formula is C18H20N2O3S. The standard InChI is InChI=1S/C18H20N2O3S/c1-3-23-18(22)15-11-24-16(19-15)10-20(14-8-9-14)17(21)13-6-4-12(2)5-7-13/h4-7,11,14H,3,8-10H2,1-2H3. The van der Waals surface area contributed by atoms with Crippen LogP contribution in [0.5, 0.6) is 0 Å². The van der Waals surface area contributed by atoms with Gasteiger partial charge in [0.15, 0.2) is 5.69 Å². The molecule has 0 spiro atoms. The summed E-state index contributed by atoms with van der Waals surface area (Å²) in [7, 11) is 0. The molecule has 0 radical (unpaired) electrons. The second-order valence-electron chi connectivity index (χ2n) is 5.88. The Labute approximate surface area is 145 Å². The zero-order valence-corrected chi connectivity index (χ0v) is 14.6. The summed E-state index contributed by atoms with van der Waals surface area (Å²) in [5, 5.41) is 2.44. The van der Waals surface area contributed by atoms with Gasteiger partial charge in [0.2, 0.25) is 0 Å². The highest BCUT2D eigenvalue weighted by atomic mass is 32.1. The molecule has 0 bridgehead atoms. The predicted octanol–water partition coefficient (Wildman–Crippen LogP) is 3.43. The van der Waals surface area contributed by atoms with Crippen LogP contribution < -0.4 is 0 Å². The summed E-state index contributed by atoms with van der Waals surface area (Å²) in [6.07, 6.45) is 2.04. The Morgan fingerprint density at radius 3 is 2.62 bits per heavy atom. The van der Waals surface area contributed by atoms with Crippen molar-refractivity contribution < 1.29 is 14.3 Å². The van der Waals surface area contributed by atoms with E-state index in [-0.39, 0.29) is 11.9 Å². The SMILES string of the molecule is CCOC(=O)c1csc(CN(C(=O)c2ccc(C)cc2)C2CC2)n1. The maximum absolute atomic E-state index is 12.8. The van der Waals surface area contributed by atoms with E-state index in [1.807, 2.05) is 36.1 Å². The van der Waals surface area contributed by atoms with Crippen LogP contribution in [0.1, 0.15) is 51.2 Å². The Bertz CT molecular complexity index is 735. The summed E-state index contributed by atoms with van der Waals surface area (Å²) in [4.78, 5) is 30.7. The fourth-order valence-electron chi connectivity index (χ4n) is 2.44. The number of benzene rings is 1. The smallest absolute Gasteiger partial charge is 0.357 e. The number of carbonyl (C=O) groups is 2. The van der Waals surface area contributed by atoms with Gasteiger partial charge in [-0.05, 0) is 38.8 Å². The van der Waals surface area contributed by atoms with Gasteiger partial charge >= 0.3 is 5.97 Å². The number of carbonyl (C=O) groups excluding carboxylic acids is 2. The number of aromatic nitrogens is 1. The molecule has 0 aliphatic heterocycles. The van der Waals surface area contributed by atoms with E-state index < -0.39 is 5.97 Å². The molecule has 0 saturated heterocycles. The third-order valence-corrected chi connectivity index (χ3v) is 4.72. The molecule has 1 aliphatic rings. The number of thiazole rings is 1. The van der Waals surface area contributed by atoms with E-state index in [0.717, 1.165) is 23.4 Å². The van der Waals surface area contributed by atoms with E-state index in [4.69, 9.17) is 4.74 Å². The van der Waals surface area contributed by atoms with E-state index in [2.05, 4.69) is 4.98 Å². The van der Waals surface area contributed by atoms with Crippen LogP contribution in [0.2, 0.25) is 0 Å². The zero-order chi connectivity index (χ0) is 17.1. The quantitative estimate of drug-likeness (QED) is 0.753. The first-order valence-corrected chi connectivity index (χ1v) is 8.95. The largest absolute Gasteiger partial charge is 0.461 e. The molecule has 3 rings (SSSR count). The Balaban J connectivity index is 1.74. The average Bonchev–Trinajstić information content (AvgIpc) is 3.31. The molecule has 0 N–H and O–H groups in total. The number of amides is 1. The first-order valence-electron chi connectivity index (χ1n) is 8.07. The minimum absolute atomic E-state index is 0.0189. The van der Waals surface area contributed by atoms with Crippen LogP contribution in [0.15, 0.2) is 29.6 Å². The number of rotatable bonds is 6. The highest BCUT2D eigenvalue weighted by Crippen LogP contribution is 2.30. The molecule has 0 unspecified atom stereocenters. The summed E-state index contributed by atoms with van der Waals surface area (Å²) in [5.74, 6) is -0.395. The lowest BCUT2D eigenvalue weighted by Gasteiger charge is -2.21. The number of nitrogens with zero attached hydrogens (tertiary/aromatic N) is 2. The van der Waals surface area contributed by atoms with Crippen LogP contribution >= 0.6 is 11.3 Å². The first kappa shape index (κ1) is 16.6. The molecule has 1 fully saturated rings. The van der Waals surface area contributed by atoms with Crippen molar-refractivity contribution >= 4 is 23.2 Å². The maximum atomic E-state index is 12.8. The monoisotopic (exact) mass is 344 g/mol. The molecule has 5 nitrogen and oxygen atoms in total. The summed E-state index contributed by atoms with van der Waals surface area (Å²) in [6.45, 7) is 4.52. The summed E-state index contributed by atoms with van der Waals surface area (Å²) < 4.78 is 4.96. The second-order valence-corrected chi connectivity index (χ2v) is 6.82. The molecule has 24 heavy (non-hydrogen) atoms. The van der Waals surface area contributed by atoms with Crippen LogP contribution in [0.3, 0.4) is 0 Å². The molecule has 126 valence electrons. The van der Waals surface area contributed by atoms with Crippen molar-refractivity contribution in [1.82, 2.24) is 9.88 Å². The summed E-state index contributed by atoms with van der Waals surface area (Å²) >= 11 is 1.39. The highest BCUT2D eigenvalue weighted by Gasteiger charge is 2.33. The molecule has 2 aromatic rings. The van der Waals surface area contributed by atoms with Gasteiger partial charge in [-0.2, -0.15) is 0 Å². The molecule has 0 atom stereocenters. The van der Waals surface area contributed by atoms with Crippen LogP contribution in [0.4, 0.5) is 0 Å². The van der Waals surface area contributed by atoms with Gasteiger partial charge < -0.3 is 9.64 Å². The number of hydrogen-bond donors (Lipinski definition) is 0. The van der Waals surface area contributed by atoms with Crippen molar-refractivity contribution in [2.24, 2.45) is 0 Å². The summed E-state index contributed by atoms with van der Waals surface area (Å²) in [6, 6.07) is 7.88. The predicted molar refractivity (Wildman–Crippen MR) is 92.1 cm³/mol. The van der Waals surface area contributed by atoms with Gasteiger partial charge in [-0.1, -0.05) is 17.7 Å². The van der Waals surface area contributed by atoms with Crippen molar-refractivity contribution in [3.63, 3.8) is 0 Å². The molecule has 1 saturated carbocycles. The van der Waals surface area contributed by atoms with Gasteiger partial charge in [-0.3, -0.25) is 4.79 Å². The van der Waals surface area contributed by atoms with Crippen molar-refractivity contribution in [2.75, 3.05) is 6.61 Å². The van der Waals surface area contributed by atoms with E-state index in [1.54, 1.807) is 12.3 Å². The molecule has 1 heterocycles. The van der Waals surface area contributed by atoms with Gasteiger partial charge in [-0.25, -0.2) is 9.78 Å². The lowest BCUT2D eigenvalue weighted by atomic mass is 10.1. The third kappa shape index (κ3) is 3.82. The molecule has 1 aromatic heterocycles. The van der Waals surface area contributed by atoms with Crippen LogP contribution in [-0.4, -0.2) is 34.4 Å². The van der Waals surface area contributed by atoms with E-state index in [1.165, 1.54) is 11.3 Å². The molecular weight excluding hydrogens is 324 g/mol. The Kier molecular flexibility index (Phi) is 4.94. The minimum atomic E-state index is -0.414. The second kappa shape index (κ2) is 7.13. The fourth-order valence-corrected chi connectivity index (χ4v) is 3.20. The molecule has 1 amide bonds. The number of hydrogen-bond acceptors (Lipinski definition) is 5. The Morgan fingerprint density at radius 2 is 2.00 bits per heavy atom. The highest BCUT2D eigenvalue weighted by molar-refractivity contribution is 7.09. The van der Waals surface area contributed by atoms with E-state index >= 15 is 0 Å². The Hall–Kier alpha value is -2.21. The number of esters is 1. The van der Waals surface area contributed by atoms with E-state index in [0.29, 0.717) is 24.4 Å². The number of aryl methyl sites for hydroxylation is 1. The third-order valence-electron chi connectivity index (χ3n) is 3.89. The van der Waals surface area contributed by atoms with Crippen molar-refractivity contribution in [2.45, 2.75) is 39.3 Å². The average molecular weight is 344 g/mol. The lowest BCUT2D eigenvalue weighted by Crippen LogP contribution is -2.32. The molecule has 6 heteroatoms. The Morgan fingerprint density at radius 1 is 1.29 bits per heavy atom. The van der Waals surface area contributed by atoms with Crippen LogP contribution in [0.25, 0.3) is 0 Å². The van der Waals surface area contributed by atoms with Crippen LogP contribution in [-0.2, 0) is 11.3 Å². The zero-order valence-electron chi connectivity index (χ0n) is 13.8. The topological polar surface area (TPSA) is 59.5 Å². The van der Waals surface area contributed by atoms with Gasteiger partial charge in [0, 0.05) is 17.0 Å². The van der Waals surface area contributed by atoms with Crippen molar-refractivity contribution in [1.29, 1.82) is 0 Å².